The second-order valence-electron chi connectivity index (χ2n) is 18.8. The van der Waals surface area contributed by atoms with Crippen molar-refractivity contribution in [3.63, 3.8) is 0 Å². The van der Waals surface area contributed by atoms with Crippen LogP contribution in [0, 0.1) is 0 Å². The van der Waals surface area contributed by atoms with Gasteiger partial charge in [-0.05, 0) is 78.3 Å². The van der Waals surface area contributed by atoms with Crippen LogP contribution in [0.1, 0.15) is 47.9 Å². The Morgan fingerprint density at radius 3 is 2.19 bits per heavy atom. The maximum absolute atomic E-state index is 14.0. The number of ether oxygens (including phenoxy) is 6. The van der Waals surface area contributed by atoms with Gasteiger partial charge in [0.05, 0.1) is 32.1 Å². The number of carbonyl (C=O) groups is 4. The first-order valence-corrected chi connectivity index (χ1v) is 27.8. The van der Waals surface area contributed by atoms with Gasteiger partial charge < -0.3 is 39.1 Å². The van der Waals surface area contributed by atoms with Gasteiger partial charge >= 0.3 is 18.0 Å². The summed E-state index contributed by atoms with van der Waals surface area (Å²) in [5, 5.41) is 10.5. The van der Waals surface area contributed by atoms with E-state index >= 15 is 0 Å². The van der Waals surface area contributed by atoms with Gasteiger partial charge in [0.2, 0.25) is 5.91 Å². The fraction of sp³-hybridized carbons (Fsp3) is 0.322. The summed E-state index contributed by atoms with van der Waals surface area (Å²) in [4.78, 5) is 58.7. The Morgan fingerprint density at radius 2 is 1.47 bits per heavy atom. The lowest BCUT2D eigenvalue weighted by Crippen LogP contribution is -2.51. The van der Waals surface area contributed by atoms with Crippen molar-refractivity contribution >= 4 is 45.4 Å². The summed E-state index contributed by atoms with van der Waals surface area (Å²) in [6.07, 6.45) is 12.7. The monoisotopic (exact) mass is 1020 g/mol. The first-order valence-electron chi connectivity index (χ1n) is 24.7. The quantitative estimate of drug-likeness (QED) is 0.0184. The van der Waals surface area contributed by atoms with Crippen LogP contribution in [0.5, 0.6) is 11.5 Å². The molecule has 0 spiro atoms. The topological polar surface area (TPSA) is 172 Å². The zero-order valence-electron chi connectivity index (χ0n) is 42.5. The molecule has 2 aliphatic heterocycles. The van der Waals surface area contributed by atoms with E-state index in [9.17, 15) is 19.2 Å². The number of methoxy groups -OCH3 is 1. The molecule has 0 bridgehead atoms. The van der Waals surface area contributed by atoms with E-state index in [2.05, 4.69) is 40.4 Å². The molecule has 15 heteroatoms. The number of amides is 2. The molecule has 4 atom stereocenters. The average Bonchev–Trinajstić information content (AvgIpc) is 3.75. The number of benzene rings is 5. The largest absolute Gasteiger partial charge is 0.497 e. The van der Waals surface area contributed by atoms with Crippen LogP contribution in [0.2, 0.25) is 0 Å². The van der Waals surface area contributed by atoms with E-state index in [0.29, 0.717) is 47.9 Å². The van der Waals surface area contributed by atoms with Crippen LogP contribution < -0.4 is 36.0 Å². The van der Waals surface area contributed by atoms with Gasteiger partial charge in [0.15, 0.2) is 0 Å². The lowest BCUT2D eigenvalue weighted by Gasteiger charge is -2.24. The summed E-state index contributed by atoms with van der Waals surface area (Å²) >= 11 is 0. The van der Waals surface area contributed by atoms with Gasteiger partial charge in [-0.3, -0.25) is 14.9 Å². The molecule has 74 heavy (non-hydrogen) atoms. The lowest BCUT2D eigenvalue weighted by molar-refractivity contribution is -0.149. The predicted octanol–water partition coefficient (Wildman–Crippen LogP) is 7.49. The van der Waals surface area contributed by atoms with Crippen molar-refractivity contribution in [3.05, 3.63) is 190 Å². The zero-order chi connectivity index (χ0) is 52.1. The van der Waals surface area contributed by atoms with Crippen molar-refractivity contribution in [2.24, 2.45) is 4.99 Å². The van der Waals surface area contributed by atoms with E-state index in [4.69, 9.17) is 33.4 Å². The molecule has 0 saturated heterocycles. The Morgan fingerprint density at radius 1 is 0.770 bits per heavy atom. The molecule has 2 amide bonds. The minimum atomic E-state index is -1.05. The minimum Gasteiger partial charge on any atom is -0.497 e. The highest BCUT2D eigenvalue weighted by Crippen LogP contribution is 2.35. The van der Waals surface area contributed by atoms with Crippen LogP contribution >= 0.6 is 10.0 Å². The van der Waals surface area contributed by atoms with E-state index in [0.717, 1.165) is 39.6 Å². The molecule has 3 N–H and O–H groups in total. The predicted molar refractivity (Wildman–Crippen MR) is 288 cm³/mol. The third-order valence-electron chi connectivity index (χ3n) is 12.0. The Kier molecular flexibility index (Phi) is 20.1. The molecule has 7 rings (SSSR count). The summed E-state index contributed by atoms with van der Waals surface area (Å²) in [7, 11) is 0.878. The summed E-state index contributed by atoms with van der Waals surface area (Å²) in [5.41, 5.74) is 7.29. The Labute approximate surface area is 434 Å². The summed E-state index contributed by atoms with van der Waals surface area (Å²) in [5.74, 6) is 1.25. The number of hydrogen-bond acceptors (Lipinski definition) is 12. The van der Waals surface area contributed by atoms with E-state index in [1.165, 1.54) is 0 Å². The molecule has 0 unspecified atom stereocenters. The fourth-order valence-electron chi connectivity index (χ4n) is 8.10. The number of alkyl carbamates (subject to hydrolysis) is 1. The third kappa shape index (κ3) is 17.6. The Bertz CT molecular complexity index is 2900. The number of nitrogens with one attached hydrogen (secondary N) is 3. The van der Waals surface area contributed by atoms with Crippen LogP contribution in [0.25, 0.3) is 11.5 Å². The molecule has 5 aromatic rings. The van der Waals surface area contributed by atoms with Gasteiger partial charge in [0, 0.05) is 48.4 Å². The lowest BCUT2D eigenvalue weighted by atomic mass is 10.0. The number of esters is 2. The molecular weight excluding hydrogens is 957 g/mol. The number of carbonyl (C=O) groups excluding carboxylic acids is 4. The van der Waals surface area contributed by atoms with Gasteiger partial charge in [-0.2, -0.15) is 0 Å². The molecule has 0 aromatic heterocycles. The minimum absolute atomic E-state index is 0.0223. The van der Waals surface area contributed by atoms with Crippen LogP contribution in [0.15, 0.2) is 162 Å². The zero-order valence-corrected chi connectivity index (χ0v) is 43.3. The summed E-state index contributed by atoms with van der Waals surface area (Å²) in [6, 6.07) is 38.9. The van der Waals surface area contributed by atoms with Crippen molar-refractivity contribution in [1.82, 2.24) is 16.0 Å². The fourth-order valence-corrected chi connectivity index (χ4v) is 9.08. The van der Waals surface area contributed by atoms with Gasteiger partial charge in [-0.1, -0.05) is 121 Å². The Hall–Kier alpha value is -7.58. The molecule has 0 radical (unpaired) electrons. The van der Waals surface area contributed by atoms with Crippen LogP contribution in [-0.2, 0) is 53.0 Å². The molecule has 0 fully saturated rings. The van der Waals surface area contributed by atoms with Crippen molar-refractivity contribution in [1.29, 1.82) is 0 Å². The molecule has 0 saturated carbocycles. The van der Waals surface area contributed by atoms with Crippen LogP contribution in [-0.4, -0.2) is 99.6 Å². The normalized spacial score (nSPS) is 16.1. The smallest absolute Gasteiger partial charge is 0.407 e. The summed E-state index contributed by atoms with van der Waals surface area (Å²) < 4.78 is 35.1. The van der Waals surface area contributed by atoms with Gasteiger partial charge in [-0.15, -0.1) is 0 Å². The number of nitrogens with zero attached hydrogens (tertiary/aromatic N) is 1. The maximum Gasteiger partial charge on any atom is 0.407 e. The first-order chi connectivity index (χ1) is 35.9. The second kappa shape index (κ2) is 27.5. The van der Waals surface area contributed by atoms with E-state index in [-0.39, 0.29) is 45.2 Å². The summed E-state index contributed by atoms with van der Waals surface area (Å²) in [6.45, 7) is 0.755. The molecule has 0 aliphatic carbocycles. The molecule has 5 aromatic carbocycles. The van der Waals surface area contributed by atoms with Crippen molar-refractivity contribution < 1.29 is 47.6 Å². The molecule has 2 heterocycles. The average molecular weight is 1020 g/mol. The highest BCUT2D eigenvalue weighted by atomic mass is 32.3. The van der Waals surface area contributed by atoms with Gasteiger partial charge in [-0.25, -0.2) is 24.6 Å². The third-order valence-corrected chi connectivity index (χ3v) is 13.5. The Balaban J connectivity index is 0.983. The standard InChI is InChI=1S/C59H66N4O10S/c1-68-47-27-28-50-54(38-47)62-51(45-22-12-7-13-23-45)29-30-55(50)73-49-25-15-26-52(60-39-49)57(65)63-53(58(66)71-40-42-17-8-5-9-18-42)31-33-69-48-24-14-21-44(36-48)35-46(37-56(64)70-32-16-34-74(2,3)4)61-59(67)72-41-43-19-10-6-11-20-43/h5-15,17-24,26-28,30,36,38,46,49,52-53,60H,16,25,31-35,37,39-41H2,1-4H3,(H,61,67)(H,63,65)/t46-,49+,52-,53-/m0/s1. The van der Waals surface area contributed by atoms with Crippen molar-refractivity contribution in [3.8, 4) is 11.5 Å². The van der Waals surface area contributed by atoms with E-state index in [1.54, 1.807) is 25.3 Å². The van der Waals surface area contributed by atoms with Gasteiger partial charge in [0.1, 0.15) is 54.4 Å². The molecule has 2 aliphatic rings. The SMILES string of the molecule is COc1ccc2c(c1)=NC(c1ccccc1)=C=CC=2O[C@@H]1CC=C[C@@H](C(=O)N[C@@H](CCOc2cccc(C[C@@H](CC(=O)OCCCS(C)(C)C)NC(=O)OCc3ccccc3)c2)C(=O)OCc2ccccc2)NC1. The molecule has 14 nitrogen and oxygen atoms in total. The maximum atomic E-state index is 14.0. The van der Waals surface area contributed by atoms with E-state index < -0.39 is 52.1 Å². The molecule has 388 valence electrons. The van der Waals surface area contributed by atoms with E-state index in [1.807, 2.05) is 133 Å². The van der Waals surface area contributed by atoms with Crippen LogP contribution in [0.3, 0.4) is 0 Å². The van der Waals surface area contributed by atoms with Crippen LogP contribution in [0.4, 0.5) is 4.79 Å². The molecular formula is C59H66N4O10S. The highest BCUT2D eigenvalue weighted by Gasteiger charge is 2.28. The first kappa shape index (κ1) is 54.2. The number of fused-ring (bicyclic) bond motifs is 1. The highest BCUT2D eigenvalue weighted by molar-refractivity contribution is 8.32. The second-order valence-corrected chi connectivity index (χ2v) is 23.4. The van der Waals surface area contributed by atoms with Gasteiger partial charge in [0.25, 0.3) is 0 Å². The number of hydrogen-bond donors (Lipinski definition) is 3. The van der Waals surface area contributed by atoms with Crippen molar-refractivity contribution in [2.75, 3.05) is 51.4 Å². The van der Waals surface area contributed by atoms with Crippen molar-refractivity contribution in [2.45, 2.75) is 69.5 Å². The number of rotatable bonds is 24.